The third kappa shape index (κ3) is 4.71. The van der Waals surface area contributed by atoms with Crippen LogP contribution in [0.2, 0.25) is 10.0 Å². The Morgan fingerprint density at radius 3 is 2.66 bits per heavy atom. The summed E-state index contributed by atoms with van der Waals surface area (Å²) in [5, 5.41) is 3.06. The summed E-state index contributed by atoms with van der Waals surface area (Å²) >= 11 is 11.9. The predicted octanol–water partition coefficient (Wildman–Crippen LogP) is 4.15. The maximum atomic E-state index is 12.4. The summed E-state index contributed by atoms with van der Waals surface area (Å²) in [6.45, 7) is 3.66. The molecule has 0 spiro atoms. The van der Waals surface area contributed by atoms with Crippen LogP contribution >= 0.6 is 23.2 Å². The third-order valence-corrected chi connectivity index (χ3v) is 5.72. The van der Waals surface area contributed by atoms with Gasteiger partial charge in [0, 0.05) is 18.7 Å². The molecule has 0 saturated carbocycles. The molecule has 29 heavy (non-hydrogen) atoms. The lowest BCUT2D eigenvalue weighted by molar-refractivity contribution is -0.151. The molecule has 1 N–H and O–H groups in total. The van der Waals surface area contributed by atoms with E-state index in [2.05, 4.69) is 5.32 Å². The Hall–Kier alpha value is -2.57. The Morgan fingerprint density at radius 1 is 1.17 bits per heavy atom. The number of amides is 2. The first kappa shape index (κ1) is 21.1. The van der Waals surface area contributed by atoms with Gasteiger partial charge in [-0.15, -0.1) is 0 Å². The summed E-state index contributed by atoms with van der Waals surface area (Å²) in [5.41, 5.74) is 3.18. The Morgan fingerprint density at radius 2 is 1.90 bits per heavy atom. The molecule has 0 bridgehead atoms. The summed E-state index contributed by atoms with van der Waals surface area (Å²) < 4.78 is 5.11. The number of esters is 1. The van der Waals surface area contributed by atoms with Gasteiger partial charge in [0.1, 0.15) is 0 Å². The number of hydrogen-bond donors (Lipinski definition) is 1. The highest BCUT2D eigenvalue weighted by molar-refractivity contribution is 6.44. The van der Waals surface area contributed by atoms with Gasteiger partial charge in [-0.3, -0.25) is 14.4 Å². The smallest absolute Gasteiger partial charge is 0.311 e. The van der Waals surface area contributed by atoms with Crippen LogP contribution in [0.15, 0.2) is 36.4 Å². The van der Waals surface area contributed by atoms with Gasteiger partial charge in [-0.05, 0) is 43.2 Å². The fourth-order valence-electron chi connectivity index (χ4n) is 3.17. The van der Waals surface area contributed by atoms with E-state index in [0.717, 1.165) is 16.8 Å². The molecule has 3 rings (SSSR count). The van der Waals surface area contributed by atoms with Crippen LogP contribution in [0, 0.1) is 19.8 Å². The number of nitrogens with zero attached hydrogens (tertiary/aromatic N) is 1. The van der Waals surface area contributed by atoms with Crippen molar-refractivity contribution in [2.24, 2.45) is 5.92 Å². The average Bonchev–Trinajstić information content (AvgIpc) is 3.07. The standard InChI is InChI=1S/C21H20Cl2N2O4/c1-12-5-3-8-17(13(12)2)25-10-14(9-19(25)27)21(28)29-11-18(26)24-16-7-4-6-15(22)20(16)23/h3-8,14H,9-11H2,1-2H3,(H,24,26)/t14-/m1/s1. The fourth-order valence-corrected chi connectivity index (χ4v) is 3.52. The van der Waals surface area contributed by atoms with Crippen molar-refractivity contribution < 1.29 is 19.1 Å². The highest BCUT2D eigenvalue weighted by atomic mass is 35.5. The van der Waals surface area contributed by atoms with E-state index >= 15 is 0 Å². The average molecular weight is 435 g/mol. The van der Waals surface area contributed by atoms with E-state index in [9.17, 15) is 14.4 Å². The first-order valence-corrected chi connectivity index (χ1v) is 9.80. The summed E-state index contributed by atoms with van der Waals surface area (Å²) in [6, 6.07) is 10.5. The maximum Gasteiger partial charge on any atom is 0.311 e. The molecule has 1 aliphatic heterocycles. The molecular weight excluding hydrogens is 415 g/mol. The number of ether oxygens (including phenoxy) is 1. The molecule has 152 valence electrons. The number of halogens is 2. The van der Waals surface area contributed by atoms with Crippen molar-refractivity contribution >= 4 is 52.4 Å². The first-order chi connectivity index (χ1) is 13.8. The summed E-state index contributed by atoms with van der Waals surface area (Å²) in [5.74, 6) is -1.89. The second-order valence-electron chi connectivity index (χ2n) is 6.88. The van der Waals surface area contributed by atoms with Crippen LogP contribution in [0.4, 0.5) is 11.4 Å². The van der Waals surface area contributed by atoms with E-state index in [1.165, 1.54) is 0 Å². The maximum absolute atomic E-state index is 12.4. The van der Waals surface area contributed by atoms with Crippen LogP contribution in [-0.2, 0) is 19.1 Å². The first-order valence-electron chi connectivity index (χ1n) is 9.05. The number of carbonyl (C=O) groups excluding carboxylic acids is 3. The van der Waals surface area contributed by atoms with Crippen molar-refractivity contribution in [2.45, 2.75) is 20.3 Å². The van der Waals surface area contributed by atoms with Crippen LogP contribution in [0.3, 0.4) is 0 Å². The lowest BCUT2D eigenvalue weighted by atomic mass is 10.1. The lowest BCUT2D eigenvalue weighted by Gasteiger charge is -2.20. The number of hydrogen-bond acceptors (Lipinski definition) is 4. The molecule has 8 heteroatoms. The number of carbonyl (C=O) groups is 3. The molecule has 1 saturated heterocycles. The molecule has 1 aliphatic rings. The minimum atomic E-state index is -0.620. The molecule has 1 fully saturated rings. The second-order valence-corrected chi connectivity index (χ2v) is 7.67. The lowest BCUT2D eigenvalue weighted by Crippen LogP contribution is -2.28. The Bertz CT molecular complexity index is 977. The molecule has 2 aromatic carbocycles. The normalized spacial score (nSPS) is 16.1. The molecule has 1 atom stereocenters. The zero-order valence-corrected chi connectivity index (χ0v) is 17.5. The molecular formula is C21H20Cl2N2O4. The zero-order chi connectivity index (χ0) is 21.1. The van der Waals surface area contributed by atoms with Crippen LogP contribution in [-0.4, -0.2) is 30.9 Å². The summed E-state index contributed by atoms with van der Waals surface area (Å²) in [6.07, 6.45) is 0.0496. The molecule has 0 radical (unpaired) electrons. The molecule has 0 unspecified atom stereocenters. The quantitative estimate of drug-likeness (QED) is 0.717. The number of aryl methyl sites for hydroxylation is 1. The van der Waals surface area contributed by atoms with Crippen molar-refractivity contribution in [3.63, 3.8) is 0 Å². The van der Waals surface area contributed by atoms with E-state index in [-0.39, 0.29) is 23.9 Å². The van der Waals surface area contributed by atoms with Gasteiger partial charge in [0.25, 0.3) is 5.91 Å². The van der Waals surface area contributed by atoms with Crippen LogP contribution in [0.1, 0.15) is 17.5 Å². The van der Waals surface area contributed by atoms with E-state index in [0.29, 0.717) is 10.7 Å². The van der Waals surface area contributed by atoms with E-state index < -0.39 is 24.4 Å². The number of nitrogens with one attached hydrogen (secondary N) is 1. The molecule has 0 aliphatic carbocycles. The summed E-state index contributed by atoms with van der Waals surface area (Å²) in [7, 11) is 0. The predicted molar refractivity (Wildman–Crippen MR) is 112 cm³/mol. The van der Waals surface area contributed by atoms with Gasteiger partial charge in [0.05, 0.1) is 21.7 Å². The minimum absolute atomic E-state index is 0.0496. The van der Waals surface area contributed by atoms with Gasteiger partial charge in [0.15, 0.2) is 6.61 Å². The summed E-state index contributed by atoms with van der Waals surface area (Å²) in [4.78, 5) is 38.4. The second kappa shape index (κ2) is 8.84. The van der Waals surface area contributed by atoms with E-state index in [1.807, 2.05) is 32.0 Å². The molecule has 1 heterocycles. The Balaban J connectivity index is 1.57. The largest absolute Gasteiger partial charge is 0.455 e. The highest BCUT2D eigenvalue weighted by Crippen LogP contribution is 2.31. The topological polar surface area (TPSA) is 75.7 Å². The van der Waals surface area contributed by atoms with Gasteiger partial charge in [-0.1, -0.05) is 41.4 Å². The van der Waals surface area contributed by atoms with Crippen molar-refractivity contribution in [2.75, 3.05) is 23.4 Å². The van der Waals surface area contributed by atoms with Gasteiger partial charge in [-0.25, -0.2) is 0 Å². The Kier molecular flexibility index (Phi) is 6.45. The number of anilines is 2. The van der Waals surface area contributed by atoms with Crippen LogP contribution in [0.5, 0.6) is 0 Å². The van der Waals surface area contributed by atoms with Gasteiger partial charge in [0.2, 0.25) is 5.91 Å². The minimum Gasteiger partial charge on any atom is -0.455 e. The van der Waals surface area contributed by atoms with Gasteiger partial charge in [-0.2, -0.15) is 0 Å². The van der Waals surface area contributed by atoms with E-state index in [1.54, 1.807) is 23.1 Å². The number of rotatable bonds is 5. The van der Waals surface area contributed by atoms with Crippen LogP contribution < -0.4 is 10.2 Å². The van der Waals surface area contributed by atoms with Crippen molar-refractivity contribution in [1.29, 1.82) is 0 Å². The van der Waals surface area contributed by atoms with Crippen molar-refractivity contribution in [3.8, 4) is 0 Å². The van der Waals surface area contributed by atoms with Crippen molar-refractivity contribution in [3.05, 3.63) is 57.6 Å². The number of benzene rings is 2. The molecule has 2 aromatic rings. The van der Waals surface area contributed by atoms with E-state index in [4.69, 9.17) is 27.9 Å². The fraction of sp³-hybridized carbons (Fsp3) is 0.286. The monoisotopic (exact) mass is 434 g/mol. The van der Waals surface area contributed by atoms with Crippen molar-refractivity contribution in [1.82, 2.24) is 0 Å². The zero-order valence-electron chi connectivity index (χ0n) is 16.0. The molecule has 6 nitrogen and oxygen atoms in total. The van der Waals surface area contributed by atoms with Gasteiger partial charge < -0.3 is 15.0 Å². The Labute approximate surface area is 178 Å². The van der Waals surface area contributed by atoms with Crippen LogP contribution in [0.25, 0.3) is 0 Å². The molecule has 2 amide bonds. The third-order valence-electron chi connectivity index (χ3n) is 4.90. The highest BCUT2D eigenvalue weighted by Gasteiger charge is 2.37. The van der Waals surface area contributed by atoms with Gasteiger partial charge >= 0.3 is 5.97 Å². The SMILES string of the molecule is Cc1cccc(N2C[C@H](C(=O)OCC(=O)Nc3cccc(Cl)c3Cl)CC2=O)c1C. The molecule has 0 aromatic heterocycles.